The van der Waals surface area contributed by atoms with Crippen LogP contribution in [0.5, 0.6) is 5.88 Å². The molecule has 0 spiro atoms. The van der Waals surface area contributed by atoms with Crippen LogP contribution in [0, 0.1) is 0 Å². The zero-order chi connectivity index (χ0) is 7.56. The van der Waals surface area contributed by atoms with Gasteiger partial charge in [-0.1, -0.05) is 0 Å². The molecule has 0 radical (unpaired) electrons. The Bertz CT molecular complexity index is 242. The van der Waals surface area contributed by atoms with Crippen molar-refractivity contribution in [1.29, 1.82) is 0 Å². The fraction of sp³-hybridized carbons (Fsp3) is 0.200. The standard InChI is InChI=1S/C5H5NO4/c1-9-4-3(5(7)8)10-2-6-4/h2H,1H3,(H,7,8). The average molecular weight is 143 g/mol. The van der Waals surface area contributed by atoms with E-state index in [1.54, 1.807) is 0 Å². The highest BCUT2D eigenvalue weighted by Crippen LogP contribution is 2.13. The van der Waals surface area contributed by atoms with Crippen molar-refractivity contribution in [3.8, 4) is 5.88 Å². The third-order valence-electron chi connectivity index (χ3n) is 0.922. The van der Waals surface area contributed by atoms with E-state index in [4.69, 9.17) is 5.11 Å². The average Bonchev–Trinajstić information content (AvgIpc) is 2.33. The van der Waals surface area contributed by atoms with Crippen molar-refractivity contribution in [2.45, 2.75) is 0 Å². The molecule has 0 fully saturated rings. The molecule has 0 aliphatic rings. The van der Waals surface area contributed by atoms with Crippen molar-refractivity contribution in [3.05, 3.63) is 12.2 Å². The molecule has 1 aromatic heterocycles. The predicted octanol–water partition coefficient (Wildman–Crippen LogP) is 0.381. The minimum absolute atomic E-state index is 0.00694. The molecule has 1 N–H and O–H groups in total. The molecule has 0 atom stereocenters. The number of oxazole rings is 1. The van der Waals surface area contributed by atoms with Gasteiger partial charge >= 0.3 is 5.97 Å². The Kier molecular flexibility index (Phi) is 1.57. The molecule has 1 aromatic rings. The van der Waals surface area contributed by atoms with Crippen LogP contribution in [0.3, 0.4) is 0 Å². The lowest BCUT2D eigenvalue weighted by Gasteiger charge is -1.90. The van der Waals surface area contributed by atoms with Gasteiger partial charge in [-0.3, -0.25) is 0 Å². The van der Waals surface area contributed by atoms with E-state index < -0.39 is 5.97 Å². The molecule has 5 heteroatoms. The molecule has 0 amide bonds. The first-order chi connectivity index (χ1) is 4.75. The van der Waals surface area contributed by atoms with Gasteiger partial charge in [0.25, 0.3) is 11.6 Å². The summed E-state index contributed by atoms with van der Waals surface area (Å²) in [6.45, 7) is 0. The van der Waals surface area contributed by atoms with Crippen molar-refractivity contribution in [2.24, 2.45) is 0 Å². The number of hydrogen-bond acceptors (Lipinski definition) is 4. The highest BCUT2D eigenvalue weighted by atomic mass is 16.5. The number of ether oxygens (including phenoxy) is 1. The highest BCUT2D eigenvalue weighted by molar-refractivity contribution is 5.86. The van der Waals surface area contributed by atoms with Crippen molar-refractivity contribution in [1.82, 2.24) is 4.98 Å². The number of carboxylic acid groups (broad SMARTS) is 1. The zero-order valence-corrected chi connectivity index (χ0v) is 5.20. The number of carbonyl (C=O) groups is 1. The fourth-order valence-electron chi connectivity index (χ4n) is 0.523. The lowest BCUT2D eigenvalue weighted by atomic mass is 10.5. The Hall–Kier alpha value is -1.52. The summed E-state index contributed by atoms with van der Waals surface area (Å²) in [5, 5.41) is 8.37. The lowest BCUT2D eigenvalue weighted by molar-refractivity contribution is 0.0657. The summed E-state index contributed by atoms with van der Waals surface area (Å²) in [5.41, 5.74) is 0. The molecule has 0 unspecified atom stereocenters. The van der Waals surface area contributed by atoms with Gasteiger partial charge in [-0.05, 0) is 0 Å². The molecule has 0 bridgehead atoms. The molecule has 10 heavy (non-hydrogen) atoms. The number of hydrogen-bond donors (Lipinski definition) is 1. The largest absolute Gasteiger partial charge is 0.478 e. The van der Waals surface area contributed by atoms with Gasteiger partial charge in [0.15, 0.2) is 6.39 Å². The summed E-state index contributed by atoms with van der Waals surface area (Å²) in [5.74, 6) is -1.47. The minimum Gasteiger partial charge on any atom is -0.478 e. The highest BCUT2D eigenvalue weighted by Gasteiger charge is 2.15. The van der Waals surface area contributed by atoms with Crippen LogP contribution in [0.1, 0.15) is 10.6 Å². The van der Waals surface area contributed by atoms with E-state index in [0.717, 1.165) is 6.39 Å². The summed E-state index contributed by atoms with van der Waals surface area (Å²) < 4.78 is 9.04. The van der Waals surface area contributed by atoms with Crippen molar-refractivity contribution in [2.75, 3.05) is 7.11 Å². The summed E-state index contributed by atoms with van der Waals surface area (Å²) >= 11 is 0. The maximum atomic E-state index is 10.2. The molecule has 0 aliphatic heterocycles. The predicted molar refractivity (Wildman–Crippen MR) is 30.0 cm³/mol. The summed E-state index contributed by atoms with van der Waals surface area (Å²) in [6.07, 6.45) is 1.02. The second-order valence-corrected chi connectivity index (χ2v) is 1.50. The molecule has 0 saturated carbocycles. The minimum atomic E-state index is -1.19. The number of aromatic nitrogens is 1. The smallest absolute Gasteiger partial charge is 0.377 e. The van der Waals surface area contributed by atoms with Crippen LogP contribution in [0.2, 0.25) is 0 Å². The van der Waals surface area contributed by atoms with Crippen LogP contribution >= 0.6 is 0 Å². The van der Waals surface area contributed by atoms with E-state index in [0.29, 0.717) is 0 Å². The van der Waals surface area contributed by atoms with Gasteiger partial charge in [-0.15, -0.1) is 0 Å². The van der Waals surface area contributed by atoms with E-state index in [2.05, 4.69) is 14.1 Å². The van der Waals surface area contributed by atoms with Gasteiger partial charge in [-0.25, -0.2) is 4.79 Å². The molecular formula is C5H5NO4. The third kappa shape index (κ3) is 0.928. The van der Waals surface area contributed by atoms with Crippen LogP contribution in [-0.4, -0.2) is 23.2 Å². The van der Waals surface area contributed by atoms with E-state index in [1.165, 1.54) is 7.11 Å². The Labute approximate surface area is 56.2 Å². The van der Waals surface area contributed by atoms with E-state index >= 15 is 0 Å². The molecule has 54 valence electrons. The normalized spacial score (nSPS) is 9.30. The Morgan fingerprint density at radius 3 is 3.00 bits per heavy atom. The van der Waals surface area contributed by atoms with Crippen molar-refractivity contribution < 1.29 is 19.1 Å². The van der Waals surface area contributed by atoms with Crippen LogP contribution in [-0.2, 0) is 0 Å². The number of rotatable bonds is 2. The monoisotopic (exact) mass is 143 g/mol. The Balaban J connectivity index is 3.01. The van der Waals surface area contributed by atoms with Gasteiger partial charge in [0, 0.05) is 0 Å². The first-order valence-corrected chi connectivity index (χ1v) is 2.46. The Morgan fingerprint density at radius 2 is 2.60 bits per heavy atom. The first kappa shape index (κ1) is 6.60. The van der Waals surface area contributed by atoms with E-state index in [9.17, 15) is 4.79 Å². The molecular weight excluding hydrogens is 138 g/mol. The maximum absolute atomic E-state index is 10.2. The van der Waals surface area contributed by atoms with Gasteiger partial charge in [0.05, 0.1) is 7.11 Å². The van der Waals surface area contributed by atoms with Gasteiger partial charge in [0.1, 0.15) is 0 Å². The second kappa shape index (κ2) is 2.38. The lowest BCUT2D eigenvalue weighted by Crippen LogP contribution is -1.97. The molecule has 0 saturated heterocycles. The topological polar surface area (TPSA) is 72.6 Å². The van der Waals surface area contributed by atoms with Crippen molar-refractivity contribution >= 4 is 5.97 Å². The molecule has 0 aliphatic carbocycles. The van der Waals surface area contributed by atoms with Gasteiger partial charge < -0.3 is 14.3 Å². The Morgan fingerprint density at radius 1 is 1.90 bits per heavy atom. The van der Waals surface area contributed by atoms with Crippen LogP contribution in [0.15, 0.2) is 10.8 Å². The SMILES string of the molecule is COc1ncoc1C(=O)O. The maximum Gasteiger partial charge on any atom is 0.377 e. The fourth-order valence-corrected chi connectivity index (χ4v) is 0.523. The van der Waals surface area contributed by atoms with Gasteiger partial charge in [-0.2, -0.15) is 4.98 Å². The molecule has 5 nitrogen and oxygen atoms in total. The summed E-state index contributed by atoms with van der Waals surface area (Å²) in [4.78, 5) is 13.7. The molecule has 1 rings (SSSR count). The first-order valence-electron chi connectivity index (χ1n) is 2.46. The summed E-state index contributed by atoms with van der Waals surface area (Å²) in [6, 6.07) is 0. The van der Waals surface area contributed by atoms with Crippen LogP contribution < -0.4 is 4.74 Å². The van der Waals surface area contributed by atoms with Crippen LogP contribution in [0.25, 0.3) is 0 Å². The van der Waals surface area contributed by atoms with Gasteiger partial charge in [0.2, 0.25) is 0 Å². The number of nitrogens with zero attached hydrogens (tertiary/aromatic N) is 1. The van der Waals surface area contributed by atoms with E-state index in [-0.39, 0.29) is 11.6 Å². The second-order valence-electron chi connectivity index (χ2n) is 1.50. The molecule has 0 aromatic carbocycles. The number of carboxylic acids is 1. The number of methoxy groups -OCH3 is 1. The zero-order valence-electron chi connectivity index (χ0n) is 5.20. The van der Waals surface area contributed by atoms with E-state index in [1.807, 2.05) is 0 Å². The van der Waals surface area contributed by atoms with Crippen LogP contribution in [0.4, 0.5) is 0 Å². The number of aromatic carboxylic acids is 1. The molecule has 1 heterocycles. The third-order valence-corrected chi connectivity index (χ3v) is 0.922. The summed E-state index contributed by atoms with van der Waals surface area (Å²) in [7, 11) is 1.32. The quantitative estimate of drug-likeness (QED) is 0.647. The van der Waals surface area contributed by atoms with Crippen molar-refractivity contribution in [3.63, 3.8) is 0 Å².